The Balaban J connectivity index is 1.46. The molecule has 0 atom stereocenters. The minimum atomic E-state index is -1.28. The van der Waals surface area contributed by atoms with Gasteiger partial charge in [-0.05, 0) is 22.3 Å². The second kappa shape index (κ2) is 12.0. The first-order valence-electron chi connectivity index (χ1n) is 13.6. The molecule has 0 saturated carbocycles. The van der Waals surface area contributed by atoms with E-state index in [4.69, 9.17) is 14.2 Å². The average molecular weight is 599 g/mol. The van der Waals surface area contributed by atoms with Gasteiger partial charge in [-0.2, -0.15) is 0 Å². The highest BCUT2D eigenvalue weighted by atomic mass is 16.6. The van der Waals surface area contributed by atoms with Crippen LogP contribution in [0.5, 0.6) is 0 Å². The van der Waals surface area contributed by atoms with Gasteiger partial charge in [-0.1, -0.05) is 121 Å². The third-order valence-corrected chi connectivity index (χ3v) is 7.00. The summed E-state index contributed by atoms with van der Waals surface area (Å²) in [6.45, 7) is 0. The van der Waals surface area contributed by atoms with Crippen LogP contribution in [0.2, 0.25) is 0 Å². The molecule has 4 aromatic rings. The van der Waals surface area contributed by atoms with Crippen LogP contribution in [-0.2, 0) is 33.4 Å². The Kier molecular flexibility index (Phi) is 7.65. The number of ether oxygens (including phenoxy) is 3. The molecule has 0 aliphatic carbocycles. The Bertz CT molecular complexity index is 1820. The van der Waals surface area contributed by atoms with Crippen molar-refractivity contribution in [3.8, 4) is 0 Å². The Morgan fingerprint density at radius 3 is 1.13 bits per heavy atom. The maximum atomic E-state index is 13.8. The molecular formula is C36H22O9. The van der Waals surface area contributed by atoms with E-state index in [1.165, 1.54) is 24.3 Å². The van der Waals surface area contributed by atoms with E-state index in [-0.39, 0.29) is 22.3 Å². The van der Waals surface area contributed by atoms with Crippen molar-refractivity contribution in [2.24, 2.45) is 0 Å². The first-order valence-corrected chi connectivity index (χ1v) is 13.6. The summed E-state index contributed by atoms with van der Waals surface area (Å²) in [7, 11) is 0. The first kappa shape index (κ1) is 28.6. The van der Waals surface area contributed by atoms with E-state index >= 15 is 0 Å². The number of carbonyl (C=O) groups is 4. The smallest absolute Gasteiger partial charge is 0.350 e. The van der Waals surface area contributed by atoms with Crippen LogP contribution in [0.1, 0.15) is 22.3 Å². The molecule has 4 aromatic carbocycles. The summed E-state index contributed by atoms with van der Waals surface area (Å²) >= 11 is 0. The standard InChI is InChI=1S/C36H22O9/c37-29-25(21-13-5-1-6-14-21)33(39)43-31(29)27(23-17-9-3-10-18-23)35(41)45-36(42)28(24-19-11-4-12-20-24)32-30(38)26(34(40)44-32)22-15-7-2-8-16-22/h1-20,37-38H/b31-27+,32-28+. The quantitative estimate of drug-likeness (QED) is 0.120. The fraction of sp³-hybridized carbons (Fsp3) is 0. The van der Waals surface area contributed by atoms with Crippen molar-refractivity contribution in [3.63, 3.8) is 0 Å². The Hall–Kier alpha value is -6.48. The molecule has 9 nitrogen and oxygen atoms in total. The highest BCUT2D eigenvalue weighted by Gasteiger charge is 2.39. The van der Waals surface area contributed by atoms with Gasteiger partial charge in [0, 0.05) is 0 Å². The van der Waals surface area contributed by atoms with Crippen LogP contribution in [0, 0.1) is 0 Å². The van der Waals surface area contributed by atoms with Crippen LogP contribution in [0.4, 0.5) is 0 Å². The van der Waals surface area contributed by atoms with Crippen LogP contribution in [0.25, 0.3) is 22.3 Å². The minimum absolute atomic E-state index is 0.174. The molecule has 6 rings (SSSR count). The van der Waals surface area contributed by atoms with Crippen LogP contribution in [0.3, 0.4) is 0 Å². The third kappa shape index (κ3) is 5.41. The van der Waals surface area contributed by atoms with Crippen molar-refractivity contribution >= 4 is 46.2 Å². The van der Waals surface area contributed by atoms with Gasteiger partial charge in [0.2, 0.25) is 0 Å². The lowest BCUT2D eigenvalue weighted by Gasteiger charge is -2.13. The van der Waals surface area contributed by atoms with Gasteiger partial charge in [-0.15, -0.1) is 0 Å². The molecule has 2 aliphatic heterocycles. The van der Waals surface area contributed by atoms with E-state index in [1.54, 1.807) is 97.1 Å². The lowest BCUT2D eigenvalue weighted by Crippen LogP contribution is -2.18. The molecule has 2 heterocycles. The molecule has 9 heteroatoms. The molecule has 220 valence electrons. The van der Waals surface area contributed by atoms with E-state index < -0.39 is 58.1 Å². The second-order valence-electron chi connectivity index (χ2n) is 9.78. The fourth-order valence-corrected chi connectivity index (χ4v) is 4.94. The summed E-state index contributed by atoms with van der Waals surface area (Å²) in [6, 6.07) is 32.3. The van der Waals surface area contributed by atoms with Gasteiger partial charge in [-0.3, -0.25) is 0 Å². The Morgan fingerprint density at radius 1 is 0.489 bits per heavy atom. The summed E-state index contributed by atoms with van der Waals surface area (Å²) in [4.78, 5) is 53.3. The fourth-order valence-electron chi connectivity index (χ4n) is 4.94. The van der Waals surface area contributed by atoms with E-state index in [2.05, 4.69) is 0 Å². The molecule has 0 saturated heterocycles. The number of cyclic esters (lactones) is 2. The predicted octanol–water partition coefficient (Wildman–Crippen LogP) is 5.93. The van der Waals surface area contributed by atoms with Gasteiger partial charge in [0.15, 0.2) is 23.0 Å². The van der Waals surface area contributed by atoms with Crippen LogP contribution < -0.4 is 0 Å². The summed E-state index contributed by atoms with van der Waals surface area (Å²) < 4.78 is 16.1. The van der Waals surface area contributed by atoms with Crippen molar-refractivity contribution in [2.75, 3.05) is 0 Å². The SMILES string of the molecule is O=C1O/C(=C(/C(=O)OC(=O)/C(=C2/OC(=O)C(c3ccccc3)=C2O)c2ccccc2)c2ccccc2)C(O)=C1c1ccccc1. The zero-order valence-electron chi connectivity index (χ0n) is 23.3. The largest absolute Gasteiger partial charge is 0.504 e. The van der Waals surface area contributed by atoms with E-state index in [9.17, 15) is 29.4 Å². The zero-order valence-corrected chi connectivity index (χ0v) is 23.3. The normalized spacial score (nSPS) is 16.7. The van der Waals surface area contributed by atoms with Crippen LogP contribution in [-0.4, -0.2) is 34.1 Å². The summed E-state index contributed by atoms with van der Waals surface area (Å²) in [5.41, 5.74) is -0.121. The number of esters is 4. The molecule has 45 heavy (non-hydrogen) atoms. The number of benzene rings is 4. The topological polar surface area (TPSA) is 136 Å². The monoisotopic (exact) mass is 598 g/mol. The Labute approximate surface area is 256 Å². The van der Waals surface area contributed by atoms with Crippen molar-refractivity contribution in [1.29, 1.82) is 0 Å². The average Bonchev–Trinajstić information content (AvgIpc) is 3.51. The molecule has 2 aliphatic rings. The molecule has 0 unspecified atom stereocenters. The maximum absolute atomic E-state index is 13.8. The molecule has 2 N–H and O–H groups in total. The van der Waals surface area contributed by atoms with Gasteiger partial charge in [0.05, 0.1) is 0 Å². The molecule has 0 aromatic heterocycles. The minimum Gasteiger partial charge on any atom is -0.504 e. The highest BCUT2D eigenvalue weighted by molar-refractivity contribution is 6.30. The van der Waals surface area contributed by atoms with Gasteiger partial charge in [0.25, 0.3) is 0 Å². The second-order valence-corrected chi connectivity index (χ2v) is 9.78. The maximum Gasteiger partial charge on any atom is 0.350 e. The number of aliphatic hydroxyl groups is 2. The number of carbonyl (C=O) groups excluding carboxylic acids is 4. The molecule has 0 radical (unpaired) electrons. The van der Waals surface area contributed by atoms with Crippen molar-refractivity contribution in [3.05, 3.63) is 167 Å². The first-order chi connectivity index (χ1) is 21.8. The van der Waals surface area contributed by atoms with Crippen molar-refractivity contribution in [2.45, 2.75) is 0 Å². The van der Waals surface area contributed by atoms with Gasteiger partial charge >= 0.3 is 23.9 Å². The summed E-state index contributed by atoms with van der Waals surface area (Å²) in [5.74, 6) is -6.61. The molecule has 0 bridgehead atoms. The molecule has 0 fully saturated rings. The lowest BCUT2D eigenvalue weighted by molar-refractivity contribution is -0.151. The van der Waals surface area contributed by atoms with Crippen LogP contribution >= 0.6 is 0 Å². The van der Waals surface area contributed by atoms with Crippen LogP contribution in [0.15, 0.2) is 144 Å². The lowest BCUT2D eigenvalue weighted by atomic mass is 10.0. The van der Waals surface area contributed by atoms with E-state index in [0.29, 0.717) is 11.1 Å². The number of aliphatic hydroxyl groups excluding tert-OH is 2. The highest BCUT2D eigenvalue weighted by Crippen LogP contribution is 2.39. The predicted molar refractivity (Wildman–Crippen MR) is 162 cm³/mol. The third-order valence-electron chi connectivity index (χ3n) is 7.00. The number of rotatable bonds is 6. The molecule has 0 spiro atoms. The molecular weight excluding hydrogens is 576 g/mol. The van der Waals surface area contributed by atoms with Gasteiger partial charge in [-0.25, -0.2) is 19.2 Å². The summed E-state index contributed by atoms with van der Waals surface area (Å²) in [5, 5.41) is 22.3. The number of hydrogen-bond donors (Lipinski definition) is 2. The zero-order chi connectivity index (χ0) is 31.5. The van der Waals surface area contributed by atoms with Crippen molar-refractivity contribution < 1.29 is 43.6 Å². The van der Waals surface area contributed by atoms with Gasteiger partial charge in [0.1, 0.15) is 22.3 Å². The Morgan fingerprint density at radius 2 is 0.800 bits per heavy atom. The van der Waals surface area contributed by atoms with Crippen molar-refractivity contribution in [1.82, 2.24) is 0 Å². The van der Waals surface area contributed by atoms with E-state index in [1.807, 2.05) is 0 Å². The summed E-state index contributed by atoms with van der Waals surface area (Å²) in [6.07, 6.45) is 0. The van der Waals surface area contributed by atoms with Gasteiger partial charge < -0.3 is 24.4 Å². The molecule has 0 amide bonds. The number of hydrogen-bond acceptors (Lipinski definition) is 9. The van der Waals surface area contributed by atoms with E-state index in [0.717, 1.165) is 0 Å².